The normalized spacial score (nSPS) is 15.9. The van der Waals surface area contributed by atoms with Crippen LogP contribution >= 0.6 is 0 Å². The number of aliphatic carboxylic acids is 1. The summed E-state index contributed by atoms with van der Waals surface area (Å²) in [5.74, 6) is 3.65. The summed E-state index contributed by atoms with van der Waals surface area (Å²) in [6.45, 7) is 21.2. The van der Waals surface area contributed by atoms with Gasteiger partial charge in [-0.05, 0) is 155 Å². The molecule has 0 bridgehead atoms. The number of nitrogens with two attached hydrogens (primary N) is 1. The van der Waals surface area contributed by atoms with Gasteiger partial charge in [-0.2, -0.15) is 0 Å². The number of ether oxygens (including phenoxy) is 10. The highest BCUT2D eigenvalue weighted by Gasteiger charge is 2.51. The van der Waals surface area contributed by atoms with Crippen LogP contribution in [0.5, 0.6) is 11.5 Å². The molecule has 2 aliphatic rings. The van der Waals surface area contributed by atoms with Gasteiger partial charge >= 0.3 is 17.9 Å². The number of methoxy groups -OCH3 is 2. The van der Waals surface area contributed by atoms with Gasteiger partial charge in [-0.15, -0.1) is 11.8 Å². The van der Waals surface area contributed by atoms with E-state index in [2.05, 4.69) is 48.2 Å². The molecular weight excluding hydrogens is 1450 g/mol. The van der Waals surface area contributed by atoms with Gasteiger partial charge in [0.2, 0.25) is 11.8 Å². The number of amides is 2. The summed E-state index contributed by atoms with van der Waals surface area (Å²) < 4.78 is 57.1. The molecule has 0 spiro atoms. The van der Waals surface area contributed by atoms with E-state index in [0.717, 1.165) is 95.5 Å². The van der Waals surface area contributed by atoms with Crippen LogP contribution in [0.4, 0.5) is 0 Å². The Kier molecular flexibility index (Phi) is 52.6. The zero-order valence-electron chi connectivity index (χ0n) is 70.6. The summed E-state index contributed by atoms with van der Waals surface area (Å²) in [5.41, 5.74) is -0.307. The number of Topliss-reactive ketones (excluding diaryl/α,β-unsaturated/α-hetero) is 1. The summed E-state index contributed by atoms with van der Waals surface area (Å²) in [5, 5.41) is 56.7. The van der Waals surface area contributed by atoms with Crippen LogP contribution in [0.3, 0.4) is 0 Å². The van der Waals surface area contributed by atoms with Crippen molar-refractivity contribution in [3.05, 3.63) is 84.0 Å². The molecule has 0 unspecified atom stereocenters. The number of carbonyl (C=O) groups excluding carboxylic acids is 5. The lowest BCUT2D eigenvalue weighted by Crippen LogP contribution is -2.56. The summed E-state index contributed by atoms with van der Waals surface area (Å²) in [6.07, 6.45) is 30.9. The molecule has 640 valence electrons. The Bertz CT molecular complexity index is 3150. The highest BCUT2D eigenvalue weighted by molar-refractivity contribution is 5.95. The number of carboxylic acid groups (broad SMARTS) is 1. The van der Waals surface area contributed by atoms with E-state index in [9.17, 15) is 49.2 Å². The minimum absolute atomic E-state index is 0.0157. The number of aliphatic hydroxyl groups excluding tert-OH is 2. The van der Waals surface area contributed by atoms with Crippen LogP contribution in [-0.2, 0) is 79.5 Å². The monoisotopic (exact) mass is 1590 g/mol. The summed E-state index contributed by atoms with van der Waals surface area (Å²) in [6, 6.07) is 11.7. The second-order valence-corrected chi connectivity index (χ2v) is 31.0. The SMILES string of the molecule is CC#CCOc1ccc(C[C@H](NC(=O)[C@@H](/C=C/CCCCCCC2(CCCCCCC)OCCO2)[C@@](O)(CCOC)C(=O)OC(C)(C)C)C(=O)CCCO)cc1.CC#CCOc1ccc(C[C@H](NC(=O)[C@@H](/C=C/CCCCCCC2(CCCCCCC)OCCO2)[C@@](O)(CCOC)C(=O)OC(C)(C)C)C(=O)O)cc1.NCCO. The van der Waals surface area contributed by atoms with Crippen molar-refractivity contribution in [2.24, 2.45) is 17.6 Å². The van der Waals surface area contributed by atoms with Crippen molar-refractivity contribution in [2.75, 3.05) is 86.8 Å². The van der Waals surface area contributed by atoms with Gasteiger partial charge in [0, 0.05) is 92.0 Å². The fourth-order valence-electron chi connectivity index (χ4n) is 12.9. The molecule has 2 aliphatic heterocycles. The average Bonchev–Trinajstić information content (AvgIpc) is 1.40. The molecule has 4 rings (SSSR count). The first-order valence-electron chi connectivity index (χ1n) is 41.3. The number of hydrogen-bond donors (Lipinski definition) is 8. The van der Waals surface area contributed by atoms with Crippen molar-refractivity contribution in [3.63, 3.8) is 0 Å². The van der Waals surface area contributed by atoms with Crippen LogP contribution in [0.25, 0.3) is 0 Å². The third kappa shape index (κ3) is 42.6. The largest absolute Gasteiger partial charge is 0.481 e. The Morgan fingerprint density at radius 3 is 1.19 bits per heavy atom. The zero-order chi connectivity index (χ0) is 83.9. The van der Waals surface area contributed by atoms with Gasteiger partial charge < -0.3 is 89.3 Å². The molecule has 0 radical (unpaired) electrons. The highest BCUT2D eigenvalue weighted by Crippen LogP contribution is 2.36. The van der Waals surface area contributed by atoms with Crippen LogP contribution < -0.4 is 25.8 Å². The third-order valence-corrected chi connectivity index (χ3v) is 19.2. The average molecular weight is 1590 g/mol. The summed E-state index contributed by atoms with van der Waals surface area (Å²) >= 11 is 0. The maximum absolute atomic E-state index is 14.3. The summed E-state index contributed by atoms with van der Waals surface area (Å²) in [4.78, 5) is 81.2. The van der Waals surface area contributed by atoms with Gasteiger partial charge in [-0.1, -0.05) is 151 Å². The van der Waals surface area contributed by atoms with Crippen LogP contribution in [0.1, 0.15) is 260 Å². The van der Waals surface area contributed by atoms with E-state index in [1.54, 1.807) is 104 Å². The number of carbonyl (C=O) groups is 6. The Balaban J connectivity index is 0.000000732. The maximum Gasteiger partial charge on any atom is 0.339 e. The number of unbranched alkanes of at least 4 members (excludes halogenated alkanes) is 16. The molecule has 9 N–H and O–H groups in total. The number of carboxylic acids is 1. The molecule has 0 saturated carbocycles. The molecule has 24 heteroatoms. The van der Waals surface area contributed by atoms with Crippen molar-refractivity contribution in [1.29, 1.82) is 0 Å². The van der Waals surface area contributed by atoms with Gasteiger partial charge in [0.05, 0.1) is 50.9 Å². The van der Waals surface area contributed by atoms with E-state index in [-0.39, 0.29) is 83.9 Å². The molecule has 2 fully saturated rings. The van der Waals surface area contributed by atoms with E-state index >= 15 is 0 Å². The van der Waals surface area contributed by atoms with Crippen molar-refractivity contribution in [2.45, 2.75) is 308 Å². The van der Waals surface area contributed by atoms with E-state index in [1.165, 1.54) is 71.7 Å². The fourth-order valence-corrected chi connectivity index (χ4v) is 12.9. The van der Waals surface area contributed by atoms with E-state index in [4.69, 9.17) is 58.2 Å². The van der Waals surface area contributed by atoms with Gasteiger partial charge in [0.1, 0.15) is 42.0 Å². The molecule has 2 heterocycles. The maximum atomic E-state index is 14.3. The van der Waals surface area contributed by atoms with E-state index < -0.39 is 87.6 Å². The molecule has 2 aromatic rings. The lowest BCUT2D eigenvalue weighted by molar-refractivity contribution is -0.185. The number of allylic oxidation sites excluding steroid dienone is 2. The molecule has 113 heavy (non-hydrogen) atoms. The second kappa shape index (κ2) is 58.1. The lowest BCUT2D eigenvalue weighted by Gasteiger charge is -2.35. The quantitative estimate of drug-likeness (QED) is 0.0132. The standard InChI is InChI=1S/C45H71NO10.C42H65NO10.C2H7NO/c1-7-9-11-15-18-27-44(54-33-34-55-44)28-19-16-13-12-14-17-21-38(45(51,29-32-52-6)42(50)56-43(3,4)5)41(49)46-39(40(48)22-20-30-47)35-36-23-25-37(26-24-36)53-31-10-8-2;1-7-9-11-15-18-25-41(51-30-31-52-41)26-19-16-13-12-14-17-20-35(42(48,27-29-49-6)39(47)53-40(3,4)5)37(44)43-36(38(45)46)32-33-21-23-34(24-22-33)50-28-10-8-2;3-1-2-4/h17,21,23-26,38-39,47,51H,7,9,11-16,18-20,22,27-35H2,1-6H3,(H,46,49);17,20-24,35-36,48H,7,9,11-16,18-19,25-32H2,1-6H3,(H,43,44)(H,45,46);4H,1-3H2/b21-17+;20-17+;/t38-,39+,45+;35-,36+,42+;/m11./s1. The molecule has 2 aromatic carbocycles. The predicted molar refractivity (Wildman–Crippen MR) is 438 cm³/mol. The van der Waals surface area contributed by atoms with Crippen LogP contribution in [0, 0.1) is 35.5 Å². The number of ketones is 1. The summed E-state index contributed by atoms with van der Waals surface area (Å²) in [7, 11) is 2.87. The Hall–Kier alpha value is -6.78. The molecule has 0 aliphatic carbocycles. The fraction of sp³-hybridized carbons (Fsp3) is 0.708. The van der Waals surface area contributed by atoms with Crippen LogP contribution in [-0.4, -0.2) is 194 Å². The predicted octanol–water partition coefficient (Wildman–Crippen LogP) is 13.0. The van der Waals surface area contributed by atoms with Gasteiger partial charge in [0.25, 0.3) is 0 Å². The minimum Gasteiger partial charge on any atom is -0.481 e. The first-order chi connectivity index (χ1) is 54.0. The second-order valence-electron chi connectivity index (χ2n) is 31.0. The third-order valence-electron chi connectivity index (χ3n) is 19.2. The van der Waals surface area contributed by atoms with Gasteiger partial charge in [-0.3, -0.25) is 14.4 Å². The topological polar surface area (TPSA) is 346 Å². The van der Waals surface area contributed by atoms with Crippen LogP contribution in [0.2, 0.25) is 0 Å². The number of benzene rings is 2. The Morgan fingerprint density at radius 2 is 0.867 bits per heavy atom. The molecule has 6 atom stereocenters. The Labute approximate surface area is 676 Å². The number of hydrogen-bond acceptors (Lipinski definition) is 21. The van der Waals surface area contributed by atoms with Gasteiger partial charge in [-0.25, -0.2) is 14.4 Å². The van der Waals surface area contributed by atoms with Crippen molar-refractivity contribution in [3.8, 4) is 35.2 Å². The number of aliphatic hydroxyl groups is 4. The lowest BCUT2D eigenvalue weighted by atomic mass is 9.82. The number of esters is 2. The minimum atomic E-state index is -2.32. The van der Waals surface area contributed by atoms with Gasteiger partial charge in [0.15, 0.2) is 28.6 Å². The molecule has 2 saturated heterocycles. The molecule has 24 nitrogen and oxygen atoms in total. The zero-order valence-corrected chi connectivity index (χ0v) is 70.6. The number of rotatable bonds is 56. The van der Waals surface area contributed by atoms with Crippen molar-refractivity contribution >= 4 is 35.5 Å². The van der Waals surface area contributed by atoms with E-state index in [1.807, 2.05) is 18.2 Å². The Morgan fingerprint density at radius 1 is 0.522 bits per heavy atom. The van der Waals surface area contributed by atoms with Crippen LogP contribution in [0.15, 0.2) is 72.8 Å². The number of nitrogens with one attached hydrogen (secondary N) is 2. The first kappa shape index (κ1) is 102. The molecule has 2 amide bonds. The van der Waals surface area contributed by atoms with E-state index in [0.29, 0.717) is 62.9 Å². The smallest absolute Gasteiger partial charge is 0.339 e. The first-order valence-corrected chi connectivity index (χ1v) is 41.3. The molecule has 0 aromatic heterocycles. The molecular formula is C89H143N3O21. The van der Waals surface area contributed by atoms with Crippen molar-refractivity contribution < 1.29 is 102 Å². The highest BCUT2D eigenvalue weighted by atomic mass is 16.7. The van der Waals surface area contributed by atoms with Crippen molar-refractivity contribution in [1.82, 2.24) is 10.6 Å².